The highest BCUT2D eigenvalue weighted by molar-refractivity contribution is 6.37. The lowest BCUT2D eigenvalue weighted by atomic mass is 9.94. The third kappa shape index (κ3) is 4.76. The van der Waals surface area contributed by atoms with Crippen LogP contribution >= 0.6 is 23.2 Å². The van der Waals surface area contributed by atoms with E-state index in [2.05, 4.69) is 10.1 Å². The molecule has 1 heterocycles. The van der Waals surface area contributed by atoms with Crippen molar-refractivity contribution in [1.82, 2.24) is 4.98 Å². The molecule has 0 atom stereocenters. The van der Waals surface area contributed by atoms with Crippen LogP contribution in [0.4, 0.5) is 0 Å². The number of oxime groups is 1. The summed E-state index contributed by atoms with van der Waals surface area (Å²) in [6, 6.07) is 9.27. The minimum atomic E-state index is -0.655. The third-order valence-corrected chi connectivity index (χ3v) is 5.19. The van der Waals surface area contributed by atoms with E-state index in [1.807, 2.05) is 24.4 Å². The van der Waals surface area contributed by atoms with Crippen LogP contribution in [0.25, 0.3) is 0 Å². The number of halogens is 2. The van der Waals surface area contributed by atoms with Crippen molar-refractivity contribution in [3.05, 3.63) is 63.9 Å². The van der Waals surface area contributed by atoms with Gasteiger partial charge in [0.15, 0.2) is 0 Å². The van der Waals surface area contributed by atoms with Crippen molar-refractivity contribution in [2.45, 2.75) is 44.3 Å². The first-order chi connectivity index (χ1) is 12.6. The maximum Gasteiger partial charge on any atom is 0.236 e. The summed E-state index contributed by atoms with van der Waals surface area (Å²) >= 11 is 12.5. The molecule has 6 heteroatoms. The highest BCUT2D eigenvalue weighted by atomic mass is 35.5. The Kier molecular flexibility index (Phi) is 6.52. The van der Waals surface area contributed by atoms with Gasteiger partial charge in [0.25, 0.3) is 0 Å². The van der Waals surface area contributed by atoms with Crippen molar-refractivity contribution in [3.8, 4) is 0 Å². The molecule has 0 radical (unpaired) electrons. The summed E-state index contributed by atoms with van der Waals surface area (Å²) in [5.74, 6) is -0.655. The van der Waals surface area contributed by atoms with Crippen LogP contribution in [0.3, 0.4) is 0 Å². The van der Waals surface area contributed by atoms with Gasteiger partial charge in [0.05, 0.1) is 10.7 Å². The predicted octanol–water partition coefficient (Wildman–Crippen LogP) is 5.66. The van der Waals surface area contributed by atoms with Crippen LogP contribution in [0.2, 0.25) is 10.0 Å². The first-order valence-corrected chi connectivity index (χ1v) is 9.52. The summed E-state index contributed by atoms with van der Waals surface area (Å²) in [5.41, 5.74) is 2.54. The predicted molar refractivity (Wildman–Crippen MR) is 105 cm³/mol. The van der Waals surface area contributed by atoms with Crippen molar-refractivity contribution in [1.29, 1.82) is 0 Å². The summed E-state index contributed by atoms with van der Waals surface area (Å²) in [4.78, 5) is 10.1. The van der Waals surface area contributed by atoms with Crippen LogP contribution in [0.1, 0.15) is 43.2 Å². The summed E-state index contributed by atoms with van der Waals surface area (Å²) in [6.45, 7) is 0. The molecule has 2 aromatic rings. The average Bonchev–Trinajstić information content (AvgIpc) is 2.67. The molecular formula is C20H22Cl2N2O2. The van der Waals surface area contributed by atoms with Gasteiger partial charge in [-0.1, -0.05) is 46.9 Å². The molecule has 1 saturated carbocycles. The second-order valence-corrected chi connectivity index (χ2v) is 7.31. The molecule has 0 N–H and O–H groups in total. The monoisotopic (exact) mass is 392 g/mol. The van der Waals surface area contributed by atoms with Gasteiger partial charge in [0, 0.05) is 49.4 Å². The summed E-state index contributed by atoms with van der Waals surface area (Å²) in [5, 5.41) is 5.61. The molecule has 4 nitrogen and oxygen atoms in total. The molecule has 3 rings (SSSR count). The van der Waals surface area contributed by atoms with Crippen LogP contribution in [0, 0.1) is 0 Å². The maximum absolute atomic E-state index is 6.41. The highest BCUT2D eigenvalue weighted by Gasteiger charge is 2.34. The number of methoxy groups -OCH3 is 1. The van der Waals surface area contributed by atoms with Crippen LogP contribution in [-0.4, -0.2) is 23.6 Å². The van der Waals surface area contributed by atoms with E-state index in [0.717, 1.165) is 42.5 Å². The number of nitrogens with zero attached hydrogens (tertiary/aromatic N) is 2. The Labute approximate surface area is 164 Å². The maximum atomic E-state index is 6.41. The minimum absolute atomic E-state index is 0.541. The molecular weight excluding hydrogens is 371 g/mol. The molecule has 26 heavy (non-hydrogen) atoms. The Hall–Kier alpha value is -1.62. The lowest BCUT2D eigenvalue weighted by molar-refractivity contribution is -0.239. The van der Waals surface area contributed by atoms with Gasteiger partial charge in [0.2, 0.25) is 5.79 Å². The second kappa shape index (κ2) is 8.85. The smallest absolute Gasteiger partial charge is 0.236 e. The fourth-order valence-electron chi connectivity index (χ4n) is 3.16. The van der Waals surface area contributed by atoms with E-state index in [1.54, 1.807) is 25.4 Å². The summed E-state index contributed by atoms with van der Waals surface area (Å²) < 4.78 is 5.67. The highest BCUT2D eigenvalue weighted by Crippen LogP contribution is 2.33. The van der Waals surface area contributed by atoms with E-state index in [9.17, 15) is 0 Å². The zero-order valence-electron chi connectivity index (χ0n) is 14.8. The van der Waals surface area contributed by atoms with Crippen LogP contribution in [-0.2, 0) is 16.0 Å². The number of aromatic nitrogens is 1. The third-order valence-electron chi connectivity index (χ3n) is 4.65. The van der Waals surface area contributed by atoms with E-state index in [1.165, 1.54) is 6.42 Å². The quantitative estimate of drug-likeness (QED) is 0.361. The molecule has 1 aromatic carbocycles. The van der Waals surface area contributed by atoms with Crippen molar-refractivity contribution in [2.75, 3.05) is 7.11 Å². The van der Waals surface area contributed by atoms with Gasteiger partial charge in [-0.25, -0.2) is 0 Å². The number of pyridine rings is 1. The molecule has 1 fully saturated rings. The molecule has 0 aliphatic heterocycles. The van der Waals surface area contributed by atoms with E-state index < -0.39 is 5.79 Å². The van der Waals surface area contributed by atoms with E-state index >= 15 is 0 Å². The van der Waals surface area contributed by atoms with Crippen LogP contribution in [0.15, 0.2) is 47.9 Å². The van der Waals surface area contributed by atoms with E-state index in [-0.39, 0.29) is 0 Å². The lowest BCUT2D eigenvalue weighted by Crippen LogP contribution is -2.36. The molecule has 0 saturated heterocycles. The Morgan fingerprint density at radius 2 is 2.00 bits per heavy atom. The SMILES string of the molecule is COC1(O/N=C(\Cc2cccnc2)c2ccc(Cl)cc2Cl)CCCCC1. The summed E-state index contributed by atoms with van der Waals surface area (Å²) in [6.07, 6.45) is 9.12. The molecule has 0 unspecified atom stereocenters. The molecule has 138 valence electrons. The van der Waals surface area contributed by atoms with E-state index in [0.29, 0.717) is 16.5 Å². The van der Waals surface area contributed by atoms with Gasteiger partial charge >= 0.3 is 0 Å². The van der Waals surface area contributed by atoms with Crippen LogP contribution in [0.5, 0.6) is 0 Å². The number of hydrogen-bond donors (Lipinski definition) is 0. The Bertz CT molecular complexity index is 760. The van der Waals surface area contributed by atoms with Crippen molar-refractivity contribution in [2.24, 2.45) is 5.16 Å². The number of hydrogen-bond acceptors (Lipinski definition) is 4. The van der Waals surface area contributed by atoms with Gasteiger partial charge in [-0.2, -0.15) is 0 Å². The van der Waals surface area contributed by atoms with Gasteiger partial charge in [0.1, 0.15) is 0 Å². The zero-order chi connectivity index (χ0) is 18.4. The topological polar surface area (TPSA) is 43.7 Å². The first-order valence-electron chi connectivity index (χ1n) is 8.76. The molecule has 1 aromatic heterocycles. The van der Waals surface area contributed by atoms with E-state index in [4.69, 9.17) is 32.8 Å². The van der Waals surface area contributed by atoms with Crippen molar-refractivity contribution < 1.29 is 9.57 Å². The normalized spacial score (nSPS) is 17.1. The molecule has 0 bridgehead atoms. The van der Waals surface area contributed by atoms with Gasteiger partial charge in [-0.3, -0.25) is 4.98 Å². The zero-order valence-corrected chi connectivity index (χ0v) is 16.3. The Balaban J connectivity index is 1.91. The number of ether oxygens (including phenoxy) is 1. The van der Waals surface area contributed by atoms with Crippen molar-refractivity contribution in [3.63, 3.8) is 0 Å². The van der Waals surface area contributed by atoms with Gasteiger partial charge in [-0.15, -0.1) is 0 Å². The van der Waals surface area contributed by atoms with Gasteiger partial charge in [-0.05, 0) is 36.6 Å². The largest absolute Gasteiger partial charge is 0.360 e. The average molecular weight is 393 g/mol. The molecule has 1 aliphatic carbocycles. The standard InChI is InChI=1S/C20H22Cl2N2O2/c1-25-20(9-3-2-4-10-20)26-24-19(12-15-6-5-11-23-14-15)17-8-7-16(21)13-18(17)22/h5-8,11,13-14H,2-4,9-10,12H2,1H3/b24-19+. The van der Waals surface area contributed by atoms with Crippen molar-refractivity contribution >= 4 is 28.9 Å². The first kappa shape index (κ1) is 19.2. The Morgan fingerprint density at radius 3 is 2.65 bits per heavy atom. The Morgan fingerprint density at radius 1 is 1.19 bits per heavy atom. The second-order valence-electron chi connectivity index (χ2n) is 6.47. The fraction of sp³-hybridized carbons (Fsp3) is 0.400. The summed E-state index contributed by atoms with van der Waals surface area (Å²) in [7, 11) is 1.68. The van der Waals surface area contributed by atoms with Crippen LogP contribution < -0.4 is 0 Å². The number of rotatable bonds is 6. The molecule has 0 amide bonds. The minimum Gasteiger partial charge on any atom is -0.360 e. The number of benzene rings is 1. The molecule has 0 spiro atoms. The molecule has 1 aliphatic rings. The fourth-order valence-corrected chi connectivity index (χ4v) is 3.68. The van der Waals surface area contributed by atoms with Gasteiger partial charge < -0.3 is 9.57 Å². The lowest BCUT2D eigenvalue weighted by Gasteiger charge is -2.33.